The molecule has 2 aliphatic heterocycles. The number of carbonyl (C=O) groups is 2. The fourth-order valence-corrected chi connectivity index (χ4v) is 4.65. The molecule has 2 aliphatic rings. The van der Waals surface area contributed by atoms with Gasteiger partial charge in [0.2, 0.25) is 5.91 Å². The van der Waals surface area contributed by atoms with Crippen LogP contribution in [0.15, 0.2) is 78.9 Å². The highest BCUT2D eigenvalue weighted by atomic mass is 19.1. The van der Waals surface area contributed by atoms with Crippen molar-refractivity contribution in [1.29, 1.82) is 0 Å². The van der Waals surface area contributed by atoms with Gasteiger partial charge >= 0.3 is 0 Å². The average Bonchev–Trinajstić information content (AvgIpc) is 3.30. The van der Waals surface area contributed by atoms with Gasteiger partial charge in [0.05, 0.1) is 13.1 Å². The Morgan fingerprint density at radius 2 is 1.77 bits per heavy atom. The molecular formula is C28H27FN2O4. The zero-order valence-corrected chi connectivity index (χ0v) is 19.4. The number of benzene rings is 3. The summed E-state index contributed by atoms with van der Waals surface area (Å²) in [6, 6.07) is 23.1. The molecule has 7 heteroatoms. The summed E-state index contributed by atoms with van der Waals surface area (Å²) in [5.41, 5.74) is 1.90. The standard InChI is InChI=1S/C28H27FN2O4/c29-24-11-9-22(10-12-24)17-34-25-8-4-7-23(15-25)27(33)30-14-13-28(19-30)20-31(26(32)18-35-28)16-21-5-2-1-3-6-21/h1-12,15H,13-14,16-20H2/t28-/m0/s1. The number of hydrogen-bond acceptors (Lipinski definition) is 4. The molecule has 3 aromatic carbocycles. The van der Waals surface area contributed by atoms with E-state index in [4.69, 9.17) is 9.47 Å². The Kier molecular flexibility index (Phi) is 6.51. The maximum absolute atomic E-state index is 13.3. The van der Waals surface area contributed by atoms with Crippen LogP contribution in [0.2, 0.25) is 0 Å². The van der Waals surface area contributed by atoms with Crippen molar-refractivity contribution in [2.75, 3.05) is 26.2 Å². The third kappa shape index (κ3) is 5.35. The summed E-state index contributed by atoms with van der Waals surface area (Å²) in [5, 5.41) is 0. The lowest BCUT2D eigenvalue weighted by Crippen LogP contribution is -2.55. The molecule has 0 aliphatic carbocycles. The number of ether oxygens (including phenoxy) is 2. The molecule has 2 fully saturated rings. The van der Waals surface area contributed by atoms with Crippen LogP contribution >= 0.6 is 0 Å². The number of rotatable bonds is 6. The number of morpholine rings is 1. The van der Waals surface area contributed by atoms with Crippen LogP contribution in [0, 0.1) is 5.82 Å². The van der Waals surface area contributed by atoms with Crippen molar-refractivity contribution in [3.63, 3.8) is 0 Å². The van der Waals surface area contributed by atoms with Crippen LogP contribution < -0.4 is 4.74 Å². The van der Waals surface area contributed by atoms with Crippen molar-refractivity contribution in [2.45, 2.75) is 25.2 Å². The Balaban J connectivity index is 1.22. The topological polar surface area (TPSA) is 59.1 Å². The summed E-state index contributed by atoms with van der Waals surface area (Å²) >= 11 is 0. The minimum atomic E-state index is -0.547. The fourth-order valence-electron chi connectivity index (χ4n) is 4.65. The van der Waals surface area contributed by atoms with E-state index >= 15 is 0 Å². The van der Waals surface area contributed by atoms with Gasteiger partial charge in [-0.1, -0.05) is 48.5 Å². The molecule has 35 heavy (non-hydrogen) atoms. The monoisotopic (exact) mass is 474 g/mol. The normalized spacial score (nSPS) is 19.9. The van der Waals surface area contributed by atoms with E-state index < -0.39 is 5.60 Å². The molecule has 0 unspecified atom stereocenters. The summed E-state index contributed by atoms with van der Waals surface area (Å²) in [6.07, 6.45) is 0.679. The summed E-state index contributed by atoms with van der Waals surface area (Å²) in [7, 11) is 0. The van der Waals surface area contributed by atoms with Crippen LogP contribution in [-0.2, 0) is 22.7 Å². The second-order valence-corrected chi connectivity index (χ2v) is 9.13. The zero-order valence-electron chi connectivity index (χ0n) is 19.4. The Hall–Kier alpha value is -3.71. The maximum Gasteiger partial charge on any atom is 0.254 e. The van der Waals surface area contributed by atoms with Crippen molar-refractivity contribution < 1.29 is 23.5 Å². The smallest absolute Gasteiger partial charge is 0.254 e. The number of carbonyl (C=O) groups excluding carboxylic acids is 2. The summed E-state index contributed by atoms with van der Waals surface area (Å²) in [6.45, 7) is 2.31. The van der Waals surface area contributed by atoms with Gasteiger partial charge in [-0.2, -0.15) is 0 Å². The van der Waals surface area contributed by atoms with Crippen LogP contribution in [0.4, 0.5) is 4.39 Å². The zero-order chi connectivity index (χ0) is 24.3. The van der Waals surface area contributed by atoms with Gasteiger partial charge in [-0.05, 0) is 47.9 Å². The van der Waals surface area contributed by atoms with Gasteiger partial charge in [-0.3, -0.25) is 9.59 Å². The molecule has 0 saturated carbocycles. The van der Waals surface area contributed by atoms with Gasteiger partial charge < -0.3 is 19.3 Å². The molecule has 0 aromatic heterocycles. The molecule has 0 N–H and O–H groups in total. The highest BCUT2D eigenvalue weighted by Gasteiger charge is 2.46. The first-order chi connectivity index (χ1) is 17.0. The molecule has 2 saturated heterocycles. The lowest BCUT2D eigenvalue weighted by Gasteiger charge is -2.40. The summed E-state index contributed by atoms with van der Waals surface area (Å²) < 4.78 is 24.9. The molecule has 1 atom stereocenters. The molecule has 3 aromatic rings. The highest BCUT2D eigenvalue weighted by Crippen LogP contribution is 2.31. The van der Waals surface area contributed by atoms with Crippen molar-refractivity contribution >= 4 is 11.8 Å². The molecule has 2 heterocycles. The van der Waals surface area contributed by atoms with Crippen molar-refractivity contribution in [3.05, 3.63) is 101 Å². The van der Waals surface area contributed by atoms with E-state index in [9.17, 15) is 14.0 Å². The third-order valence-electron chi connectivity index (χ3n) is 6.55. The lowest BCUT2D eigenvalue weighted by molar-refractivity contribution is -0.162. The van der Waals surface area contributed by atoms with Gasteiger partial charge in [0.15, 0.2) is 0 Å². The molecule has 0 bridgehead atoms. The number of likely N-dealkylation sites (tertiary alicyclic amines) is 1. The first kappa shape index (κ1) is 23.1. The van der Waals surface area contributed by atoms with E-state index in [0.717, 1.165) is 11.1 Å². The van der Waals surface area contributed by atoms with Crippen LogP contribution in [0.3, 0.4) is 0 Å². The summed E-state index contributed by atoms with van der Waals surface area (Å²) in [4.78, 5) is 29.4. The third-order valence-corrected chi connectivity index (χ3v) is 6.55. The second-order valence-electron chi connectivity index (χ2n) is 9.13. The first-order valence-corrected chi connectivity index (χ1v) is 11.7. The molecule has 1 spiro atoms. The minimum Gasteiger partial charge on any atom is -0.489 e. The lowest BCUT2D eigenvalue weighted by atomic mass is 10.00. The second kappa shape index (κ2) is 9.88. The molecule has 180 valence electrons. The van der Waals surface area contributed by atoms with E-state index in [1.165, 1.54) is 12.1 Å². The predicted octanol–water partition coefficient (Wildman–Crippen LogP) is 4.05. The van der Waals surface area contributed by atoms with Crippen LogP contribution in [0.25, 0.3) is 0 Å². The molecule has 5 rings (SSSR count). The van der Waals surface area contributed by atoms with E-state index in [-0.39, 0.29) is 30.8 Å². The first-order valence-electron chi connectivity index (χ1n) is 11.7. The summed E-state index contributed by atoms with van der Waals surface area (Å²) in [5.74, 6) is 0.154. The largest absolute Gasteiger partial charge is 0.489 e. The quantitative estimate of drug-likeness (QED) is 0.541. The van der Waals surface area contributed by atoms with Crippen LogP contribution in [0.5, 0.6) is 5.75 Å². The molecular weight excluding hydrogens is 447 g/mol. The number of halogens is 1. The molecule has 2 amide bonds. The van der Waals surface area contributed by atoms with E-state index in [2.05, 4.69) is 0 Å². The van der Waals surface area contributed by atoms with Crippen molar-refractivity contribution in [1.82, 2.24) is 9.80 Å². The van der Waals surface area contributed by atoms with Gasteiger partial charge in [0.25, 0.3) is 5.91 Å². The Labute approximate surface area is 203 Å². The van der Waals surface area contributed by atoms with E-state index in [1.807, 2.05) is 35.2 Å². The predicted molar refractivity (Wildman–Crippen MR) is 128 cm³/mol. The Bertz CT molecular complexity index is 1200. The fraction of sp³-hybridized carbons (Fsp3) is 0.286. The highest BCUT2D eigenvalue weighted by molar-refractivity contribution is 5.95. The Morgan fingerprint density at radius 1 is 0.971 bits per heavy atom. The number of hydrogen-bond donors (Lipinski definition) is 0. The SMILES string of the molecule is O=C1CO[C@]2(CCN(C(=O)c3cccc(OCc4ccc(F)cc4)c3)C2)CN1Cc1ccccc1. The van der Waals surface area contributed by atoms with Crippen molar-refractivity contribution in [2.24, 2.45) is 0 Å². The Morgan fingerprint density at radius 3 is 2.57 bits per heavy atom. The minimum absolute atomic E-state index is 0.0293. The van der Waals surface area contributed by atoms with Crippen LogP contribution in [0.1, 0.15) is 27.9 Å². The molecule has 6 nitrogen and oxygen atoms in total. The van der Waals surface area contributed by atoms with Gasteiger partial charge in [-0.15, -0.1) is 0 Å². The van der Waals surface area contributed by atoms with Crippen molar-refractivity contribution in [3.8, 4) is 5.75 Å². The number of amides is 2. The molecule has 0 radical (unpaired) electrons. The van der Waals surface area contributed by atoms with Gasteiger partial charge in [0, 0.05) is 18.7 Å². The number of nitrogens with zero attached hydrogens (tertiary/aromatic N) is 2. The van der Waals surface area contributed by atoms with Gasteiger partial charge in [-0.25, -0.2) is 4.39 Å². The van der Waals surface area contributed by atoms with Crippen LogP contribution in [-0.4, -0.2) is 53.5 Å². The average molecular weight is 475 g/mol. The van der Waals surface area contributed by atoms with E-state index in [1.54, 1.807) is 41.3 Å². The van der Waals surface area contributed by atoms with E-state index in [0.29, 0.717) is 43.9 Å². The van der Waals surface area contributed by atoms with Gasteiger partial charge in [0.1, 0.15) is 30.4 Å². The maximum atomic E-state index is 13.3.